The van der Waals surface area contributed by atoms with Gasteiger partial charge in [0.05, 0.1) is 23.7 Å². The molecule has 0 aliphatic heterocycles. The van der Waals surface area contributed by atoms with Crippen molar-refractivity contribution in [1.29, 1.82) is 0 Å². The molecule has 0 spiro atoms. The number of H-pyrrole nitrogens is 1. The molecule has 0 unspecified atom stereocenters. The molecule has 27 heavy (non-hydrogen) atoms. The number of anilines is 1. The number of imidazole rings is 1. The molecule has 0 aliphatic carbocycles. The molecule has 7 nitrogen and oxygen atoms in total. The van der Waals surface area contributed by atoms with Crippen LogP contribution < -0.4 is 15.7 Å². The summed E-state index contributed by atoms with van der Waals surface area (Å²) in [5.74, 6) is 1.54. The maximum atomic E-state index is 12.0. The van der Waals surface area contributed by atoms with Crippen LogP contribution in [0, 0.1) is 0 Å². The van der Waals surface area contributed by atoms with E-state index in [0.29, 0.717) is 13.1 Å². The fraction of sp³-hybridized carbons (Fsp3) is 0.211. The lowest BCUT2D eigenvalue weighted by Gasteiger charge is -2.10. The van der Waals surface area contributed by atoms with Gasteiger partial charge in [0, 0.05) is 18.5 Å². The first-order valence-corrected chi connectivity index (χ1v) is 8.43. The molecule has 2 heterocycles. The molecular weight excluding hydrogens is 366 g/mol. The van der Waals surface area contributed by atoms with Crippen molar-refractivity contribution in [1.82, 2.24) is 19.5 Å². The Morgan fingerprint density at radius 3 is 2.85 bits per heavy atom. The molecule has 2 aromatic carbocycles. The minimum absolute atomic E-state index is 0. The van der Waals surface area contributed by atoms with Crippen molar-refractivity contribution in [2.24, 2.45) is 0 Å². The van der Waals surface area contributed by atoms with Crippen LogP contribution in [0.5, 0.6) is 5.75 Å². The van der Waals surface area contributed by atoms with Crippen LogP contribution in [0.4, 0.5) is 5.82 Å². The van der Waals surface area contributed by atoms with Gasteiger partial charge >= 0.3 is 5.69 Å². The number of ether oxygens (including phenoxy) is 1. The molecule has 0 aliphatic rings. The largest absolute Gasteiger partial charge is 0.497 e. The van der Waals surface area contributed by atoms with Gasteiger partial charge in [0.2, 0.25) is 0 Å². The van der Waals surface area contributed by atoms with Crippen molar-refractivity contribution in [2.75, 3.05) is 12.4 Å². The number of aromatic nitrogens is 4. The average molecular weight is 386 g/mol. The van der Waals surface area contributed by atoms with Crippen molar-refractivity contribution in [3.8, 4) is 5.75 Å². The maximum absolute atomic E-state index is 12.0. The van der Waals surface area contributed by atoms with Gasteiger partial charge in [0.15, 0.2) is 0 Å². The van der Waals surface area contributed by atoms with E-state index in [0.717, 1.165) is 39.1 Å². The number of aryl methyl sites for hydroxylation is 1. The van der Waals surface area contributed by atoms with Crippen molar-refractivity contribution >= 4 is 40.2 Å². The van der Waals surface area contributed by atoms with Gasteiger partial charge in [0.1, 0.15) is 17.9 Å². The third kappa shape index (κ3) is 3.46. The number of methoxy groups -OCH3 is 1. The Labute approximate surface area is 161 Å². The molecule has 0 atom stereocenters. The van der Waals surface area contributed by atoms with E-state index in [9.17, 15) is 4.79 Å². The summed E-state index contributed by atoms with van der Waals surface area (Å²) < 4.78 is 6.95. The minimum atomic E-state index is -0.114. The van der Waals surface area contributed by atoms with E-state index in [1.807, 2.05) is 43.3 Å². The van der Waals surface area contributed by atoms with Gasteiger partial charge in [-0.3, -0.25) is 4.57 Å². The van der Waals surface area contributed by atoms with Crippen LogP contribution in [0.25, 0.3) is 21.9 Å². The molecule has 4 aromatic rings. The minimum Gasteiger partial charge on any atom is -0.497 e. The van der Waals surface area contributed by atoms with Crippen LogP contribution in [0.1, 0.15) is 12.5 Å². The molecule has 2 N–H and O–H groups in total. The van der Waals surface area contributed by atoms with Crippen molar-refractivity contribution in [3.63, 3.8) is 0 Å². The first-order valence-electron chi connectivity index (χ1n) is 8.43. The van der Waals surface area contributed by atoms with Gasteiger partial charge < -0.3 is 15.0 Å². The molecule has 0 saturated heterocycles. The number of halogens is 1. The van der Waals surface area contributed by atoms with E-state index in [1.165, 1.54) is 6.33 Å². The molecular formula is C19H20ClN5O2. The summed E-state index contributed by atoms with van der Waals surface area (Å²) in [4.78, 5) is 23.7. The third-order valence-corrected chi connectivity index (χ3v) is 4.44. The van der Waals surface area contributed by atoms with Gasteiger partial charge in [-0.25, -0.2) is 14.8 Å². The van der Waals surface area contributed by atoms with Gasteiger partial charge in [0.25, 0.3) is 0 Å². The second-order valence-corrected chi connectivity index (χ2v) is 5.99. The summed E-state index contributed by atoms with van der Waals surface area (Å²) >= 11 is 0. The second-order valence-electron chi connectivity index (χ2n) is 5.99. The Morgan fingerprint density at radius 1 is 1.22 bits per heavy atom. The summed E-state index contributed by atoms with van der Waals surface area (Å²) in [6, 6.07) is 11.7. The lowest BCUT2D eigenvalue weighted by atomic mass is 10.2. The van der Waals surface area contributed by atoms with Gasteiger partial charge in [-0.2, -0.15) is 0 Å². The zero-order chi connectivity index (χ0) is 18.1. The number of hydrogen-bond acceptors (Lipinski definition) is 5. The van der Waals surface area contributed by atoms with E-state index < -0.39 is 0 Å². The quantitative estimate of drug-likeness (QED) is 0.550. The summed E-state index contributed by atoms with van der Waals surface area (Å²) in [5.41, 5.74) is 3.40. The van der Waals surface area contributed by atoms with Crippen LogP contribution in [-0.2, 0) is 13.1 Å². The Kier molecular flexibility index (Phi) is 5.32. The standard InChI is InChI=1S/C19H19N5O2.ClH/c1-3-24-17-9-15-14(8-16(17)23-19(24)25)18(22-11-21-15)20-10-12-5-4-6-13(7-12)26-2;/h4-9,11H,3,10H2,1-2H3,(H,23,25)(H,20,21,22);1H. The number of hydrogen-bond donors (Lipinski definition) is 2. The Bertz CT molecular complexity index is 1150. The average Bonchev–Trinajstić information content (AvgIpc) is 2.98. The zero-order valence-corrected chi connectivity index (χ0v) is 15.8. The molecule has 0 saturated carbocycles. The highest BCUT2D eigenvalue weighted by atomic mass is 35.5. The first-order chi connectivity index (χ1) is 12.7. The van der Waals surface area contributed by atoms with Crippen LogP contribution in [0.3, 0.4) is 0 Å². The van der Waals surface area contributed by atoms with E-state index in [-0.39, 0.29) is 18.1 Å². The van der Waals surface area contributed by atoms with E-state index >= 15 is 0 Å². The Morgan fingerprint density at radius 2 is 2.07 bits per heavy atom. The number of rotatable bonds is 5. The monoisotopic (exact) mass is 385 g/mol. The number of aromatic amines is 1. The third-order valence-electron chi connectivity index (χ3n) is 4.44. The van der Waals surface area contributed by atoms with Crippen LogP contribution >= 0.6 is 12.4 Å². The Balaban J connectivity index is 0.00000210. The molecule has 0 bridgehead atoms. The SMILES string of the molecule is CCn1c(=O)[nH]c2cc3c(NCc4cccc(OC)c4)ncnc3cc21.Cl. The summed E-state index contributed by atoms with van der Waals surface area (Å²) in [6.07, 6.45) is 1.53. The predicted molar refractivity (Wildman–Crippen MR) is 109 cm³/mol. The summed E-state index contributed by atoms with van der Waals surface area (Å²) in [6.45, 7) is 3.16. The zero-order valence-electron chi connectivity index (χ0n) is 15.0. The molecule has 2 aromatic heterocycles. The lowest BCUT2D eigenvalue weighted by Crippen LogP contribution is -2.14. The predicted octanol–water partition coefficient (Wildman–Crippen LogP) is 3.34. The van der Waals surface area contributed by atoms with Crippen LogP contribution in [0.2, 0.25) is 0 Å². The fourth-order valence-corrected chi connectivity index (χ4v) is 3.13. The van der Waals surface area contributed by atoms with Crippen molar-refractivity contribution < 1.29 is 4.74 Å². The molecule has 140 valence electrons. The molecule has 4 rings (SSSR count). The molecule has 0 amide bonds. The van der Waals surface area contributed by atoms with E-state index in [4.69, 9.17) is 4.74 Å². The van der Waals surface area contributed by atoms with Gasteiger partial charge in [-0.15, -0.1) is 12.4 Å². The van der Waals surface area contributed by atoms with Crippen molar-refractivity contribution in [3.05, 3.63) is 58.8 Å². The highest BCUT2D eigenvalue weighted by Gasteiger charge is 2.10. The highest BCUT2D eigenvalue weighted by molar-refractivity contribution is 5.98. The first kappa shape index (κ1) is 18.7. The molecule has 8 heteroatoms. The fourth-order valence-electron chi connectivity index (χ4n) is 3.13. The van der Waals surface area contributed by atoms with Gasteiger partial charge in [-0.1, -0.05) is 12.1 Å². The summed E-state index contributed by atoms with van der Waals surface area (Å²) in [7, 11) is 1.65. The van der Waals surface area contributed by atoms with Gasteiger partial charge in [-0.05, 0) is 36.8 Å². The summed E-state index contributed by atoms with van der Waals surface area (Å²) in [5, 5.41) is 4.22. The normalized spacial score (nSPS) is 10.7. The van der Waals surface area contributed by atoms with E-state index in [1.54, 1.807) is 11.7 Å². The smallest absolute Gasteiger partial charge is 0.326 e. The lowest BCUT2D eigenvalue weighted by molar-refractivity contribution is 0.414. The maximum Gasteiger partial charge on any atom is 0.326 e. The van der Waals surface area contributed by atoms with Crippen LogP contribution in [0.15, 0.2) is 47.5 Å². The number of nitrogens with zero attached hydrogens (tertiary/aromatic N) is 3. The van der Waals surface area contributed by atoms with Crippen LogP contribution in [-0.4, -0.2) is 26.6 Å². The number of benzene rings is 2. The highest BCUT2D eigenvalue weighted by Crippen LogP contribution is 2.25. The Hall–Kier alpha value is -3.06. The number of nitrogens with one attached hydrogen (secondary N) is 2. The van der Waals surface area contributed by atoms with Crippen molar-refractivity contribution in [2.45, 2.75) is 20.0 Å². The van der Waals surface area contributed by atoms with E-state index in [2.05, 4.69) is 20.3 Å². The second kappa shape index (κ2) is 7.67. The topological polar surface area (TPSA) is 84.8 Å². The molecule has 0 radical (unpaired) electrons. The number of fused-ring (bicyclic) bond motifs is 2. The molecule has 0 fully saturated rings.